The Kier molecular flexibility index (Phi) is 6.56. The van der Waals surface area contributed by atoms with Gasteiger partial charge in [-0.05, 0) is 48.7 Å². The van der Waals surface area contributed by atoms with E-state index in [4.69, 9.17) is 14.2 Å². The van der Waals surface area contributed by atoms with Crippen LogP contribution in [-0.4, -0.2) is 25.3 Å². The van der Waals surface area contributed by atoms with Gasteiger partial charge in [-0.25, -0.2) is 4.79 Å². The van der Waals surface area contributed by atoms with E-state index in [-0.39, 0.29) is 19.3 Å². The van der Waals surface area contributed by atoms with Crippen LogP contribution < -0.4 is 14.8 Å². The van der Waals surface area contributed by atoms with Crippen molar-refractivity contribution >= 4 is 34.3 Å². The standard InChI is InChI=1S/C25H23NO5S/c1-3-29-25(28)23-16(2)21(14-18-9-11-19-20(13-18)31-15-30-19)32-24(23)26-22(27)12-10-17-7-5-4-6-8-17/h4-13H,3,14-15H2,1-2H3,(H,26,27)/b12-10+. The van der Waals surface area contributed by atoms with Gasteiger partial charge in [-0.1, -0.05) is 36.4 Å². The molecular weight excluding hydrogens is 426 g/mol. The molecule has 2 heterocycles. The molecule has 1 N–H and O–H groups in total. The number of rotatable bonds is 7. The molecule has 32 heavy (non-hydrogen) atoms. The molecule has 0 bridgehead atoms. The van der Waals surface area contributed by atoms with Gasteiger partial charge in [0.2, 0.25) is 12.7 Å². The first-order valence-corrected chi connectivity index (χ1v) is 11.1. The molecule has 0 unspecified atom stereocenters. The highest BCUT2D eigenvalue weighted by molar-refractivity contribution is 7.17. The van der Waals surface area contributed by atoms with Crippen LogP contribution in [0, 0.1) is 6.92 Å². The van der Waals surface area contributed by atoms with Crippen LogP contribution in [0.5, 0.6) is 11.5 Å². The van der Waals surface area contributed by atoms with E-state index in [2.05, 4.69) is 5.32 Å². The van der Waals surface area contributed by atoms with Gasteiger partial charge in [0.1, 0.15) is 5.00 Å². The Morgan fingerprint density at radius 3 is 2.69 bits per heavy atom. The predicted octanol–water partition coefficient (Wildman–Crippen LogP) is 5.20. The number of hydrogen-bond acceptors (Lipinski definition) is 6. The molecule has 0 saturated carbocycles. The fourth-order valence-corrected chi connectivity index (χ4v) is 4.62. The van der Waals surface area contributed by atoms with Gasteiger partial charge in [0, 0.05) is 17.4 Å². The molecule has 0 atom stereocenters. The summed E-state index contributed by atoms with van der Waals surface area (Å²) in [6.45, 7) is 4.11. The number of carbonyl (C=O) groups is 2. The topological polar surface area (TPSA) is 73.9 Å². The number of anilines is 1. The summed E-state index contributed by atoms with van der Waals surface area (Å²) in [7, 11) is 0. The van der Waals surface area contributed by atoms with Crippen LogP contribution in [0.2, 0.25) is 0 Å². The maximum Gasteiger partial charge on any atom is 0.341 e. The molecule has 1 aliphatic rings. The first-order chi connectivity index (χ1) is 15.5. The number of nitrogens with one attached hydrogen (secondary N) is 1. The lowest BCUT2D eigenvalue weighted by Crippen LogP contribution is -2.12. The molecule has 0 saturated heterocycles. The zero-order valence-corrected chi connectivity index (χ0v) is 18.7. The van der Waals surface area contributed by atoms with Crippen molar-refractivity contribution in [3.8, 4) is 11.5 Å². The minimum absolute atomic E-state index is 0.219. The average molecular weight is 450 g/mol. The van der Waals surface area contributed by atoms with Crippen LogP contribution in [-0.2, 0) is 16.0 Å². The van der Waals surface area contributed by atoms with E-state index in [0.29, 0.717) is 22.7 Å². The van der Waals surface area contributed by atoms with Crippen molar-refractivity contribution < 1.29 is 23.8 Å². The van der Waals surface area contributed by atoms with Gasteiger partial charge in [0.15, 0.2) is 11.5 Å². The number of thiophene rings is 1. The first kappa shape index (κ1) is 21.6. The molecule has 164 valence electrons. The number of hydrogen-bond donors (Lipinski definition) is 1. The second-order valence-corrected chi connectivity index (χ2v) is 8.28. The largest absolute Gasteiger partial charge is 0.462 e. The number of benzene rings is 2. The molecular formula is C25H23NO5S. The molecule has 0 spiro atoms. The Balaban J connectivity index is 1.58. The van der Waals surface area contributed by atoms with E-state index >= 15 is 0 Å². The number of amides is 1. The SMILES string of the molecule is CCOC(=O)c1c(NC(=O)/C=C/c2ccccc2)sc(Cc2ccc3c(c2)OCO3)c1C. The molecule has 1 amide bonds. The molecule has 3 aromatic rings. The van der Waals surface area contributed by atoms with Crippen molar-refractivity contribution in [3.05, 3.63) is 81.7 Å². The zero-order valence-electron chi connectivity index (χ0n) is 17.8. The zero-order chi connectivity index (χ0) is 22.5. The summed E-state index contributed by atoms with van der Waals surface area (Å²) in [5, 5.41) is 3.34. The fraction of sp³-hybridized carbons (Fsp3) is 0.200. The highest BCUT2D eigenvalue weighted by Gasteiger charge is 2.24. The molecule has 2 aromatic carbocycles. The van der Waals surface area contributed by atoms with Crippen LogP contribution in [0.1, 0.15) is 38.8 Å². The molecule has 6 nitrogen and oxygen atoms in total. The Labute approximate surface area is 190 Å². The van der Waals surface area contributed by atoms with Crippen molar-refractivity contribution in [2.75, 3.05) is 18.7 Å². The van der Waals surface area contributed by atoms with Gasteiger partial charge in [-0.2, -0.15) is 0 Å². The van der Waals surface area contributed by atoms with Crippen molar-refractivity contribution in [3.63, 3.8) is 0 Å². The van der Waals surface area contributed by atoms with E-state index in [1.54, 1.807) is 13.0 Å². The Bertz CT molecular complexity index is 1170. The third kappa shape index (κ3) is 4.84. The number of fused-ring (bicyclic) bond motifs is 1. The van der Waals surface area contributed by atoms with Crippen LogP contribution >= 0.6 is 11.3 Å². The summed E-state index contributed by atoms with van der Waals surface area (Å²) in [4.78, 5) is 26.2. The van der Waals surface area contributed by atoms with Crippen LogP contribution in [0.3, 0.4) is 0 Å². The Morgan fingerprint density at radius 2 is 1.91 bits per heavy atom. The summed E-state index contributed by atoms with van der Waals surface area (Å²) in [5.41, 5.74) is 3.14. The lowest BCUT2D eigenvalue weighted by molar-refractivity contribution is -0.111. The van der Waals surface area contributed by atoms with Crippen LogP contribution in [0.4, 0.5) is 5.00 Å². The summed E-state index contributed by atoms with van der Waals surface area (Å²) in [5.74, 6) is 0.680. The average Bonchev–Trinajstić information content (AvgIpc) is 3.37. The molecule has 1 aliphatic heterocycles. The van der Waals surface area contributed by atoms with Crippen LogP contribution in [0.15, 0.2) is 54.6 Å². The van der Waals surface area contributed by atoms with Gasteiger partial charge >= 0.3 is 5.97 Å². The quantitative estimate of drug-likeness (QED) is 0.396. The van der Waals surface area contributed by atoms with Crippen LogP contribution in [0.25, 0.3) is 6.08 Å². The smallest absolute Gasteiger partial charge is 0.341 e. The summed E-state index contributed by atoms with van der Waals surface area (Å²) < 4.78 is 16.1. The first-order valence-electron chi connectivity index (χ1n) is 10.3. The van der Waals surface area contributed by atoms with Gasteiger partial charge in [0.25, 0.3) is 0 Å². The summed E-state index contributed by atoms with van der Waals surface area (Å²) >= 11 is 1.38. The second kappa shape index (κ2) is 9.70. The fourth-order valence-electron chi connectivity index (χ4n) is 3.39. The van der Waals surface area contributed by atoms with E-state index in [9.17, 15) is 9.59 Å². The second-order valence-electron chi connectivity index (χ2n) is 7.17. The molecule has 0 fully saturated rings. The van der Waals surface area contributed by atoms with Gasteiger partial charge in [0.05, 0.1) is 12.2 Å². The number of esters is 1. The van der Waals surface area contributed by atoms with Gasteiger partial charge in [-0.15, -0.1) is 11.3 Å². The monoisotopic (exact) mass is 449 g/mol. The third-order valence-electron chi connectivity index (χ3n) is 4.99. The molecule has 1 aromatic heterocycles. The van der Waals surface area contributed by atoms with E-state index in [0.717, 1.165) is 27.3 Å². The van der Waals surface area contributed by atoms with Crippen molar-refractivity contribution in [1.82, 2.24) is 0 Å². The maximum atomic E-state index is 12.6. The molecule has 4 rings (SSSR count). The lowest BCUT2D eigenvalue weighted by atomic mass is 10.1. The lowest BCUT2D eigenvalue weighted by Gasteiger charge is -2.06. The van der Waals surface area contributed by atoms with E-state index in [1.165, 1.54) is 17.4 Å². The summed E-state index contributed by atoms with van der Waals surface area (Å²) in [6, 6.07) is 15.3. The van der Waals surface area contributed by atoms with Crippen molar-refractivity contribution in [2.24, 2.45) is 0 Å². The minimum Gasteiger partial charge on any atom is -0.462 e. The molecule has 0 radical (unpaired) electrons. The highest BCUT2D eigenvalue weighted by atomic mass is 32.1. The predicted molar refractivity (Wildman–Crippen MR) is 124 cm³/mol. The molecule has 7 heteroatoms. The van der Waals surface area contributed by atoms with E-state index < -0.39 is 5.97 Å². The summed E-state index contributed by atoms with van der Waals surface area (Å²) in [6.07, 6.45) is 3.78. The minimum atomic E-state index is -0.444. The van der Waals surface area contributed by atoms with Crippen molar-refractivity contribution in [1.29, 1.82) is 0 Å². The maximum absolute atomic E-state index is 12.6. The van der Waals surface area contributed by atoms with Gasteiger partial charge in [-0.3, -0.25) is 4.79 Å². The number of carbonyl (C=O) groups excluding carboxylic acids is 2. The van der Waals surface area contributed by atoms with Crippen molar-refractivity contribution in [2.45, 2.75) is 20.3 Å². The Hall–Kier alpha value is -3.58. The molecule has 0 aliphatic carbocycles. The van der Waals surface area contributed by atoms with E-state index in [1.807, 2.05) is 55.5 Å². The highest BCUT2D eigenvalue weighted by Crippen LogP contribution is 2.37. The normalized spacial score (nSPS) is 12.2. The number of ether oxygens (including phenoxy) is 3. The third-order valence-corrected chi connectivity index (χ3v) is 6.20. The Morgan fingerprint density at radius 1 is 1.12 bits per heavy atom. The van der Waals surface area contributed by atoms with Gasteiger partial charge < -0.3 is 19.5 Å².